The Morgan fingerprint density at radius 1 is 0.914 bits per heavy atom. The predicted octanol–water partition coefficient (Wildman–Crippen LogP) is 9.38. The lowest BCUT2D eigenvalue weighted by atomic mass is 9.47. The Hall–Kier alpha value is -0.790. The third-order valence-electron chi connectivity index (χ3n) is 11.5. The Bertz CT molecular complexity index is 765. The van der Waals surface area contributed by atoms with Crippen molar-refractivity contribution >= 4 is 5.97 Å². The average Bonchev–Trinajstić information content (AvgIpc) is 3.15. The molecule has 4 aliphatic carbocycles. The lowest BCUT2D eigenvalue weighted by Crippen LogP contribution is -2.50. The van der Waals surface area contributed by atoms with Gasteiger partial charge in [0.1, 0.15) is 6.10 Å². The summed E-state index contributed by atoms with van der Waals surface area (Å²) in [4.78, 5) is 12.4. The van der Waals surface area contributed by atoms with E-state index < -0.39 is 0 Å². The van der Waals surface area contributed by atoms with Crippen molar-refractivity contribution < 1.29 is 9.53 Å². The van der Waals surface area contributed by atoms with Crippen LogP contribution < -0.4 is 0 Å². The van der Waals surface area contributed by atoms with E-state index in [1.165, 1.54) is 57.8 Å². The fraction of sp³-hybridized carbons (Fsp3) is 0.909. The first-order chi connectivity index (χ1) is 16.5. The number of hydrogen-bond donors (Lipinski definition) is 0. The smallest absolute Gasteiger partial charge is 0.306 e. The third kappa shape index (κ3) is 5.57. The van der Waals surface area contributed by atoms with Crippen molar-refractivity contribution in [2.75, 3.05) is 0 Å². The molecular formula is C33H56O2. The Kier molecular flexibility index (Phi) is 8.49. The van der Waals surface area contributed by atoms with Crippen molar-refractivity contribution in [1.29, 1.82) is 0 Å². The molecule has 4 aliphatic rings. The van der Waals surface area contributed by atoms with Gasteiger partial charge in [-0.05, 0) is 110 Å². The van der Waals surface area contributed by atoms with Gasteiger partial charge >= 0.3 is 5.97 Å². The summed E-state index contributed by atoms with van der Waals surface area (Å²) in [5, 5.41) is 0. The second-order valence-electron chi connectivity index (χ2n) is 14.6. The van der Waals surface area contributed by atoms with Crippen LogP contribution in [-0.2, 0) is 9.53 Å². The number of fused-ring (bicyclic) bond motifs is 5. The molecule has 3 fully saturated rings. The molecular weight excluding hydrogens is 428 g/mol. The molecule has 3 saturated carbocycles. The van der Waals surface area contributed by atoms with Gasteiger partial charge in [-0.1, -0.05) is 79.4 Å². The maximum absolute atomic E-state index is 12.4. The van der Waals surface area contributed by atoms with Crippen LogP contribution in [0.25, 0.3) is 0 Å². The summed E-state index contributed by atoms with van der Waals surface area (Å²) < 4.78 is 5.98. The first-order valence-electron chi connectivity index (χ1n) is 15.4. The van der Waals surface area contributed by atoms with Gasteiger partial charge in [-0.25, -0.2) is 0 Å². The topological polar surface area (TPSA) is 26.3 Å². The van der Waals surface area contributed by atoms with Crippen molar-refractivity contribution in [3.63, 3.8) is 0 Å². The van der Waals surface area contributed by atoms with Gasteiger partial charge in [-0.15, -0.1) is 0 Å². The van der Waals surface area contributed by atoms with Crippen LogP contribution in [0.5, 0.6) is 0 Å². The van der Waals surface area contributed by atoms with Crippen molar-refractivity contribution in [2.24, 2.45) is 52.3 Å². The fourth-order valence-corrected chi connectivity index (χ4v) is 9.26. The van der Waals surface area contributed by atoms with Crippen LogP contribution in [-0.4, -0.2) is 12.1 Å². The Balaban J connectivity index is 1.40. The Labute approximate surface area is 217 Å². The minimum Gasteiger partial charge on any atom is -0.462 e. The van der Waals surface area contributed by atoms with E-state index in [1.54, 1.807) is 0 Å². The molecule has 0 N–H and O–H groups in total. The molecule has 2 heteroatoms. The van der Waals surface area contributed by atoms with Crippen LogP contribution in [0.3, 0.4) is 0 Å². The van der Waals surface area contributed by atoms with Gasteiger partial charge in [-0.2, -0.15) is 0 Å². The first kappa shape index (κ1) is 27.3. The average molecular weight is 485 g/mol. The summed E-state index contributed by atoms with van der Waals surface area (Å²) in [5.74, 6) is 5.49. The summed E-state index contributed by atoms with van der Waals surface area (Å²) in [5.41, 5.74) is 2.79. The second-order valence-corrected chi connectivity index (χ2v) is 14.6. The molecule has 0 amide bonds. The van der Waals surface area contributed by atoms with E-state index in [0.29, 0.717) is 29.1 Å². The van der Waals surface area contributed by atoms with Crippen LogP contribution >= 0.6 is 0 Å². The SMILES string of the molecule is CC(C)CCCC(C)C1CCC2C3=CCC4CC(OC(=O)CCC(C)C)CCC4(C)C3CCC21C. The highest BCUT2D eigenvalue weighted by molar-refractivity contribution is 5.69. The zero-order chi connectivity index (χ0) is 25.4. The molecule has 8 unspecified atom stereocenters. The summed E-state index contributed by atoms with van der Waals surface area (Å²) >= 11 is 0. The van der Waals surface area contributed by atoms with E-state index in [0.717, 1.165) is 48.9 Å². The summed E-state index contributed by atoms with van der Waals surface area (Å²) in [6.45, 7) is 16.9. The zero-order valence-corrected chi connectivity index (χ0v) is 24.2. The zero-order valence-electron chi connectivity index (χ0n) is 24.2. The van der Waals surface area contributed by atoms with E-state index in [9.17, 15) is 4.79 Å². The molecule has 0 radical (unpaired) electrons. The predicted molar refractivity (Wildman–Crippen MR) is 147 cm³/mol. The van der Waals surface area contributed by atoms with Crippen molar-refractivity contribution in [3.8, 4) is 0 Å². The van der Waals surface area contributed by atoms with E-state index in [1.807, 2.05) is 5.57 Å². The van der Waals surface area contributed by atoms with Gasteiger partial charge in [0, 0.05) is 6.42 Å². The van der Waals surface area contributed by atoms with Gasteiger partial charge < -0.3 is 4.74 Å². The van der Waals surface area contributed by atoms with Crippen molar-refractivity contribution in [3.05, 3.63) is 11.6 Å². The van der Waals surface area contributed by atoms with Crippen molar-refractivity contribution in [1.82, 2.24) is 0 Å². The molecule has 8 atom stereocenters. The third-order valence-corrected chi connectivity index (χ3v) is 11.5. The van der Waals surface area contributed by atoms with Crippen LogP contribution in [0.1, 0.15) is 132 Å². The molecule has 0 aromatic heterocycles. The maximum Gasteiger partial charge on any atom is 0.306 e. The molecule has 200 valence electrons. The number of carbonyl (C=O) groups is 1. The van der Waals surface area contributed by atoms with Gasteiger partial charge in [0.05, 0.1) is 0 Å². The molecule has 2 nitrogen and oxygen atoms in total. The lowest BCUT2D eigenvalue weighted by molar-refractivity contribution is -0.155. The largest absolute Gasteiger partial charge is 0.462 e. The number of ether oxygens (including phenoxy) is 1. The van der Waals surface area contributed by atoms with E-state index in [2.05, 4.69) is 54.5 Å². The standard InChI is InChI=1S/C33H56O2/c1-22(2)9-8-10-24(5)28-14-15-29-27-13-12-25-21-26(35-31(34)16-11-23(3)4)17-19-32(25,6)30(27)18-20-33(28,29)7/h13,22-26,28-30H,8-12,14-21H2,1-7H3. The highest BCUT2D eigenvalue weighted by Crippen LogP contribution is 2.67. The first-order valence-corrected chi connectivity index (χ1v) is 15.4. The van der Waals surface area contributed by atoms with Gasteiger partial charge in [0.25, 0.3) is 0 Å². The number of carbonyl (C=O) groups excluding carboxylic acids is 1. The minimum atomic E-state index is 0.0345. The summed E-state index contributed by atoms with van der Waals surface area (Å²) in [7, 11) is 0. The summed E-state index contributed by atoms with van der Waals surface area (Å²) in [6, 6.07) is 0. The highest BCUT2D eigenvalue weighted by atomic mass is 16.5. The molecule has 0 saturated heterocycles. The molecule has 0 heterocycles. The van der Waals surface area contributed by atoms with Gasteiger partial charge in [0.15, 0.2) is 0 Å². The number of esters is 1. The van der Waals surface area contributed by atoms with Crippen LogP contribution in [0, 0.1) is 52.3 Å². The number of hydrogen-bond acceptors (Lipinski definition) is 2. The van der Waals surface area contributed by atoms with E-state index in [-0.39, 0.29) is 12.1 Å². The number of allylic oxidation sites excluding steroid dienone is 2. The van der Waals surface area contributed by atoms with Crippen LogP contribution in [0.4, 0.5) is 0 Å². The summed E-state index contributed by atoms with van der Waals surface area (Å²) in [6.07, 6.45) is 18.9. The lowest BCUT2D eigenvalue weighted by Gasteiger charge is -2.58. The number of rotatable bonds is 9. The van der Waals surface area contributed by atoms with E-state index >= 15 is 0 Å². The van der Waals surface area contributed by atoms with Crippen molar-refractivity contribution in [2.45, 2.75) is 138 Å². The molecule has 0 bridgehead atoms. The fourth-order valence-electron chi connectivity index (χ4n) is 9.26. The molecule has 0 aromatic rings. The Morgan fingerprint density at radius 3 is 2.31 bits per heavy atom. The molecule has 0 aliphatic heterocycles. The second kappa shape index (κ2) is 10.9. The molecule has 35 heavy (non-hydrogen) atoms. The molecule has 0 aromatic carbocycles. The van der Waals surface area contributed by atoms with Crippen LogP contribution in [0.2, 0.25) is 0 Å². The minimum absolute atomic E-state index is 0.0345. The monoisotopic (exact) mass is 484 g/mol. The van der Waals surface area contributed by atoms with Gasteiger partial charge in [0.2, 0.25) is 0 Å². The molecule has 0 spiro atoms. The highest BCUT2D eigenvalue weighted by Gasteiger charge is 2.58. The Morgan fingerprint density at radius 2 is 1.60 bits per heavy atom. The van der Waals surface area contributed by atoms with E-state index in [4.69, 9.17) is 4.74 Å². The molecule has 4 rings (SSSR count). The maximum atomic E-state index is 12.4. The quantitative estimate of drug-likeness (QED) is 0.241. The van der Waals surface area contributed by atoms with Gasteiger partial charge in [-0.3, -0.25) is 4.79 Å². The van der Waals surface area contributed by atoms with Crippen LogP contribution in [0.15, 0.2) is 11.6 Å². The normalized spacial score (nSPS) is 39.6.